The number of thiophene rings is 1. The van der Waals surface area contributed by atoms with Crippen molar-refractivity contribution in [3.05, 3.63) is 22.4 Å². The van der Waals surface area contributed by atoms with E-state index < -0.39 is 5.97 Å². The average Bonchev–Trinajstić information content (AvgIpc) is 3.12. The van der Waals surface area contributed by atoms with Gasteiger partial charge in [0.25, 0.3) is 0 Å². The van der Waals surface area contributed by atoms with Crippen LogP contribution < -0.4 is 0 Å². The molecule has 5 nitrogen and oxygen atoms in total. The van der Waals surface area contributed by atoms with E-state index in [1.54, 1.807) is 21.1 Å². The van der Waals surface area contributed by atoms with Crippen LogP contribution in [0.4, 0.5) is 4.79 Å². The molecule has 0 atom stereocenters. The third-order valence-electron chi connectivity index (χ3n) is 3.38. The predicted octanol–water partition coefficient (Wildman–Crippen LogP) is 2.63. The van der Waals surface area contributed by atoms with Crippen LogP contribution in [-0.2, 0) is 11.3 Å². The molecule has 0 radical (unpaired) electrons. The number of aliphatic carboxylic acids is 1. The molecule has 1 aromatic heterocycles. The van der Waals surface area contributed by atoms with Crippen molar-refractivity contribution in [2.75, 3.05) is 13.1 Å². The molecule has 2 rings (SSSR count). The lowest BCUT2D eigenvalue weighted by Crippen LogP contribution is -2.44. The van der Waals surface area contributed by atoms with Crippen LogP contribution in [0.15, 0.2) is 17.5 Å². The van der Waals surface area contributed by atoms with E-state index in [9.17, 15) is 9.59 Å². The molecule has 1 saturated carbocycles. The molecule has 0 unspecified atom stereocenters. The highest BCUT2D eigenvalue weighted by molar-refractivity contribution is 7.09. The second-order valence-electron chi connectivity index (χ2n) is 4.94. The first-order valence-electron chi connectivity index (χ1n) is 6.91. The fraction of sp³-hybridized carbons (Fsp3) is 0.571. The molecule has 1 fully saturated rings. The van der Waals surface area contributed by atoms with E-state index in [0.717, 1.165) is 17.7 Å². The van der Waals surface area contributed by atoms with Crippen molar-refractivity contribution in [1.82, 2.24) is 9.80 Å². The molecule has 110 valence electrons. The van der Waals surface area contributed by atoms with E-state index in [1.165, 1.54) is 0 Å². The maximum absolute atomic E-state index is 12.6. The number of rotatable bonds is 7. The summed E-state index contributed by atoms with van der Waals surface area (Å²) in [6.07, 6.45) is 1.99. The summed E-state index contributed by atoms with van der Waals surface area (Å²) in [6, 6.07) is 4.18. The molecule has 1 aliphatic rings. The Kier molecular flexibility index (Phi) is 5.00. The van der Waals surface area contributed by atoms with E-state index in [1.807, 2.05) is 24.4 Å². The highest BCUT2D eigenvalue weighted by Crippen LogP contribution is 2.28. The van der Waals surface area contributed by atoms with Crippen LogP contribution >= 0.6 is 11.3 Å². The van der Waals surface area contributed by atoms with Crippen molar-refractivity contribution in [3.8, 4) is 0 Å². The number of urea groups is 1. The summed E-state index contributed by atoms with van der Waals surface area (Å²) in [5.41, 5.74) is 0. The van der Waals surface area contributed by atoms with E-state index in [-0.39, 0.29) is 18.5 Å². The molecule has 1 N–H and O–H groups in total. The number of carboxylic acids is 1. The van der Waals surface area contributed by atoms with Gasteiger partial charge in [-0.15, -0.1) is 11.3 Å². The standard InChI is InChI=1S/C14H20N2O3S/c1-2-15(10-12-4-3-9-20-12)14(19)16(11-5-6-11)8-7-13(17)18/h3-4,9,11H,2,5-8,10H2,1H3,(H,17,18). The molecule has 1 heterocycles. The van der Waals surface area contributed by atoms with Gasteiger partial charge in [0.2, 0.25) is 0 Å². The van der Waals surface area contributed by atoms with E-state index in [2.05, 4.69) is 0 Å². The minimum absolute atomic E-state index is 0.0127. The van der Waals surface area contributed by atoms with Crippen molar-refractivity contribution >= 4 is 23.3 Å². The van der Waals surface area contributed by atoms with Crippen molar-refractivity contribution in [2.24, 2.45) is 0 Å². The molecule has 1 aromatic rings. The van der Waals surface area contributed by atoms with Gasteiger partial charge in [0.15, 0.2) is 0 Å². The molecule has 1 aliphatic carbocycles. The summed E-state index contributed by atoms with van der Waals surface area (Å²) in [5.74, 6) is -0.857. The summed E-state index contributed by atoms with van der Waals surface area (Å²) in [5, 5.41) is 10.8. The Morgan fingerprint density at radius 1 is 1.45 bits per heavy atom. The van der Waals surface area contributed by atoms with Gasteiger partial charge in [-0.2, -0.15) is 0 Å². The molecule has 0 aliphatic heterocycles. The van der Waals surface area contributed by atoms with Crippen molar-refractivity contribution in [2.45, 2.75) is 38.8 Å². The van der Waals surface area contributed by atoms with Gasteiger partial charge < -0.3 is 14.9 Å². The van der Waals surface area contributed by atoms with Gasteiger partial charge in [0.05, 0.1) is 13.0 Å². The highest BCUT2D eigenvalue weighted by Gasteiger charge is 2.34. The van der Waals surface area contributed by atoms with Gasteiger partial charge in [-0.3, -0.25) is 4.79 Å². The zero-order valence-electron chi connectivity index (χ0n) is 11.6. The number of carbonyl (C=O) groups is 2. The maximum Gasteiger partial charge on any atom is 0.320 e. The number of hydrogen-bond acceptors (Lipinski definition) is 3. The van der Waals surface area contributed by atoms with Gasteiger partial charge in [-0.25, -0.2) is 4.79 Å². The van der Waals surface area contributed by atoms with Crippen LogP contribution in [0.2, 0.25) is 0 Å². The van der Waals surface area contributed by atoms with Crippen LogP contribution in [-0.4, -0.2) is 46.0 Å². The summed E-state index contributed by atoms with van der Waals surface area (Å²) >= 11 is 1.63. The number of carboxylic acid groups (broad SMARTS) is 1. The third kappa shape index (κ3) is 3.96. The first-order chi connectivity index (χ1) is 9.61. The average molecular weight is 296 g/mol. The first kappa shape index (κ1) is 14.8. The van der Waals surface area contributed by atoms with Crippen LogP contribution in [0.3, 0.4) is 0 Å². The fourth-order valence-corrected chi connectivity index (χ4v) is 2.84. The Balaban J connectivity index is 1.98. The number of carbonyl (C=O) groups excluding carboxylic acids is 1. The zero-order valence-corrected chi connectivity index (χ0v) is 12.4. The monoisotopic (exact) mass is 296 g/mol. The SMILES string of the molecule is CCN(Cc1cccs1)C(=O)N(CCC(=O)O)C1CC1. The zero-order chi connectivity index (χ0) is 14.5. The largest absolute Gasteiger partial charge is 0.481 e. The molecule has 2 amide bonds. The van der Waals surface area contributed by atoms with Crippen LogP contribution in [0, 0.1) is 0 Å². The summed E-state index contributed by atoms with van der Waals surface area (Å²) in [7, 11) is 0. The Bertz CT molecular complexity index is 457. The maximum atomic E-state index is 12.6. The van der Waals surface area contributed by atoms with Gasteiger partial charge in [-0.05, 0) is 31.2 Å². The Labute approximate surface area is 122 Å². The minimum atomic E-state index is -0.857. The van der Waals surface area contributed by atoms with E-state index in [0.29, 0.717) is 19.6 Å². The molecule has 20 heavy (non-hydrogen) atoms. The molecule has 6 heteroatoms. The van der Waals surface area contributed by atoms with Gasteiger partial charge in [-0.1, -0.05) is 6.07 Å². The van der Waals surface area contributed by atoms with Gasteiger partial charge in [0, 0.05) is 24.0 Å². The van der Waals surface area contributed by atoms with Crippen molar-refractivity contribution < 1.29 is 14.7 Å². The molecule has 0 aromatic carbocycles. The number of hydrogen-bond donors (Lipinski definition) is 1. The number of nitrogens with zero attached hydrogens (tertiary/aromatic N) is 2. The quantitative estimate of drug-likeness (QED) is 0.841. The number of amides is 2. The molecule has 0 saturated heterocycles. The lowest BCUT2D eigenvalue weighted by molar-refractivity contribution is -0.137. The minimum Gasteiger partial charge on any atom is -0.481 e. The Hall–Kier alpha value is -1.56. The van der Waals surface area contributed by atoms with Crippen molar-refractivity contribution in [1.29, 1.82) is 0 Å². The second kappa shape index (κ2) is 6.74. The highest BCUT2D eigenvalue weighted by atomic mass is 32.1. The van der Waals surface area contributed by atoms with Crippen LogP contribution in [0.25, 0.3) is 0 Å². The lowest BCUT2D eigenvalue weighted by Gasteiger charge is -2.29. The Morgan fingerprint density at radius 3 is 2.70 bits per heavy atom. The smallest absolute Gasteiger partial charge is 0.320 e. The van der Waals surface area contributed by atoms with Crippen LogP contribution in [0.5, 0.6) is 0 Å². The fourth-order valence-electron chi connectivity index (χ4n) is 2.12. The van der Waals surface area contributed by atoms with E-state index in [4.69, 9.17) is 5.11 Å². The molecule has 0 spiro atoms. The van der Waals surface area contributed by atoms with Crippen LogP contribution in [0.1, 0.15) is 31.1 Å². The second-order valence-corrected chi connectivity index (χ2v) is 5.98. The third-order valence-corrected chi connectivity index (χ3v) is 4.24. The first-order valence-corrected chi connectivity index (χ1v) is 7.79. The summed E-state index contributed by atoms with van der Waals surface area (Å²) < 4.78 is 0. The molecular formula is C14H20N2O3S. The Morgan fingerprint density at radius 2 is 2.20 bits per heavy atom. The normalized spacial score (nSPS) is 14.1. The summed E-state index contributed by atoms with van der Waals surface area (Å²) in [4.78, 5) is 27.9. The predicted molar refractivity (Wildman–Crippen MR) is 77.8 cm³/mol. The molecular weight excluding hydrogens is 276 g/mol. The molecule has 0 bridgehead atoms. The van der Waals surface area contributed by atoms with Gasteiger partial charge >= 0.3 is 12.0 Å². The summed E-state index contributed by atoms with van der Waals surface area (Å²) in [6.45, 7) is 3.49. The topological polar surface area (TPSA) is 60.9 Å². The van der Waals surface area contributed by atoms with Crippen molar-refractivity contribution in [3.63, 3.8) is 0 Å². The van der Waals surface area contributed by atoms with E-state index >= 15 is 0 Å². The lowest BCUT2D eigenvalue weighted by atomic mass is 10.3. The van der Waals surface area contributed by atoms with Gasteiger partial charge in [0.1, 0.15) is 0 Å².